The number of rotatable bonds is 4. The van der Waals surface area contributed by atoms with Gasteiger partial charge in [0.15, 0.2) is 11.6 Å². The number of nitrogens with two attached hydrogens (primary N) is 1. The van der Waals surface area contributed by atoms with Crippen molar-refractivity contribution in [1.82, 2.24) is 9.97 Å². The minimum atomic E-state index is 0.489. The summed E-state index contributed by atoms with van der Waals surface area (Å²) in [5.74, 6) is 1.19. The Bertz CT molecular complexity index is 918. The molecule has 3 aromatic rings. The Morgan fingerprint density at radius 3 is 2.00 bits per heavy atom. The molecule has 2 aromatic carbocycles. The molecule has 1 heterocycles. The number of nitrogen functional groups attached to an aromatic ring is 1. The van der Waals surface area contributed by atoms with Crippen LogP contribution in [0.4, 0.5) is 28.7 Å². The van der Waals surface area contributed by atoms with Crippen molar-refractivity contribution in [3.05, 3.63) is 65.0 Å². The zero-order chi connectivity index (χ0) is 18.0. The van der Waals surface area contributed by atoms with Gasteiger partial charge in [0.2, 0.25) is 0 Å². The molecule has 5 heteroatoms. The average Bonchev–Trinajstić information content (AvgIpc) is 2.57. The molecule has 0 aliphatic heterocycles. The molecule has 0 aliphatic carbocycles. The van der Waals surface area contributed by atoms with Crippen LogP contribution in [-0.4, -0.2) is 9.97 Å². The van der Waals surface area contributed by atoms with Gasteiger partial charge in [0.05, 0.1) is 0 Å². The van der Waals surface area contributed by atoms with E-state index in [4.69, 9.17) is 5.73 Å². The number of anilines is 5. The van der Waals surface area contributed by atoms with E-state index in [-0.39, 0.29) is 0 Å². The standard InChI is InChI=1S/C20H23N5/c1-12-6-8-16(15(4)9-12)24-19-18(21)20(23-11-22-19)25-17-10-13(2)5-7-14(17)3/h5-11H,21H2,1-4H3,(H2,22,23,24,25). The summed E-state index contributed by atoms with van der Waals surface area (Å²) >= 11 is 0. The Labute approximate surface area is 148 Å². The third-order valence-corrected chi connectivity index (χ3v) is 4.17. The highest BCUT2D eigenvalue weighted by molar-refractivity contribution is 5.81. The van der Waals surface area contributed by atoms with Crippen LogP contribution in [0.25, 0.3) is 0 Å². The van der Waals surface area contributed by atoms with Crippen molar-refractivity contribution in [3.63, 3.8) is 0 Å². The molecule has 0 bridgehead atoms. The second-order valence-corrected chi connectivity index (χ2v) is 6.37. The Morgan fingerprint density at radius 1 is 0.720 bits per heavy atom. The molecule has 0 saturated carbocycles. The summed E-state index contributed by atoms with van der Waals surface area (Å²) in [7, 11) is 0. The van der Waals surface area contributed by atoms with Crippen LogP contribution in [0.15, 0.2) is 42.7 Å². The fourth-order valence-corrected chi connectivity index (χ4v) is 2.67. The van der Waals surface area contributed by atoms with Gasteiger partial charge in [0.1, 0.15) is 12.0 Å². The smallest absolute Gasteiger partial charge is 0.159 e. The third kappa shape index (κ3) is 3.71. The van der Waals surface area contributed by atoms with Crippen molar-refractivity contribution >= 4 is 28.7 Å². The van der Waals surface area contributed by atoms with Crippen molar-refractivity contribution in [2.24, 2.45) is 0 Å². The zero-order valence-corrected chi connectivity index (χ0v) is 15.0. The summed E-state index contributed by atoms with van der Waals surface area (Å²) in [4.78, 5) is 8.59. The number of hydrogen-bond acceptors (Lipinski definition) is 5. The molecule has 5 nitrogen and oxygen atoms in total. The van der Waals surface area contributed by atoms with Crippen LogP contribution in [-0.2, 0) is 0 Å². The highest BCUT2D eigenvalue weighted by atomic mass is 15.1. The number of aromatic nitrogens is 2. The Balaban J connectivity index is 1.91. The Morgan fingerprint density at radius 2 is 1.32 bits per heavy atom. The summed E-state index contributed by atoms with van der Waals surface area (Å²) in [6, 6.07) is 12.4. The largest absolute Gasteiger partial charge is 0.393 e. The van der Waals surface area contributed by atoms with E-state index < -0.39 is 0 Å². The summed E-state index contributed by atoms with van der Waals surface area (Å²) in [5, 5.41) is 6.62. The molecular weight excluding hydrogens is 310 g/mol. The molecule has 25 heavy (non-hydrogen) atoms. The van der Waals surface area contributed by atoms with Gasteiger partial charge in [-0.1, -0.05) is 29.8 Å². The van der Waals surface area contributed by atoms with Gasteiger partial charge in [0, 0.05) is 11.4 Å². The zero-order valence-electron chi connectivity index (χ0n) is 15.0. The molecule has 0 unspecified atom stereocenters. The average molecular weight is 333 g/mol. The third-order valence-electron chi connectivity index (χ3n) is 4.17. The van der Waals surface area contributed by atoms with Gasteiger partial charge >= 0.3 is 0 Å². The first kappa shape index (κ1) is 16.8. The van der Waals surface area contributed by atoms with Gasteiger partial charge in [-0.05, 0) is 56.5 Å². The SMILES string of the molecule is Cc1ccc(Nc2ncnc(Nc3cc(C)ccc3C)c2N)c(C)c1. The van der Waals surface area contributed by atoms with E-state index in [1.54, 1.807) is 0 Å². The van der Waals surface area contributed by atoms with Gasteiger partial charge in [-0.2, -0.15) is 0 Å². The maximum atomic E-state index is 6.30. The lowest BCUT2D eigenvalue weighted by Crippen LogP contribution is -2.06. The van der Waals surface area contributed by atoms with Crippen LogP contribution in [0.2, 0.25) is 0 Å². The number of nitrogens with one attached hydrogen (secondary N) is 2. The van der Waals surface area contributed by atoms with E-state index in [1.165, 1.54) is 17.5 Å². The number of nitrogens with zero attached hydrogens (tertiary/aromatic N) is 2. The summed E-state index contributed by atoms with van der Waals surface area (Å²) in [6.07, 6.45) is 1.51. The number of benzene rings is 2. The van der Waals surface area contributed by atoms with Crippen molar-refractivity contribution in [2.45, 2.75) is 27.7 Å². The highest BCUT2D eigenvalue weighted by Gasteiger charge is 2.11. The normalized spacial score (nSPS) is 10.6. The molecular formula is C20H23N5. The minimum absolute atomic E-state index is 0.489. The van der Waals surface area contributed by atoms with Crippen LogP contribution in [0.1, 0.15) is 22.3 Å². The lowest BCUT2D eigenvalue weighted by atomic mass is 10.1. The number of hydrogen-bond donors (Lipinski definition) is 3. The monoisotopic (exact) mass is 333 g/mol. The van der Waals surface area contributed by atoms with Crippen LogP contribution < -0.4 is 16.4 Å². The molecule has 0 amide bonds. The van der Waals surface area contributed by atoms with E-state index in [0.29, 0.717) is 17.3 Å². The molecule has 0 atom stereocenters. The molecule has 0 aliphatic rings. The quantitative estimate of drug-likeness (QED) is 0.640. The second kappa shape index (κ2) is 6.81. The van der Waals surface area contributed by atoms with E-state index in [1.807, 2.05) is 13.0 Å². The molecule has 0 spiro atoms. The lowest BCUT2D eigenvalue weighted by Gasteiger charge is -2.15. The second-order valence-electron chi connectivity index (χ2n) is 6.37. The summed E-state index contributed by atoms with van der Waals surface area (Å²) in [6.45, 7) is 8.24. The van der Waals surface area contributed by atoms with Crippen LogP contribution in [0.5, 0.6) is 0 Å². The first-order valence-electron chi connectivity index (χ1n) is 8.23. The molecule has 0 radical (unpaired) electrons. The van der Waals surface area contributed by atoms with E-state index >= 15 is 0 Å². The van der Waals surface area contributed by atoms with E-state index in [0.717, 1.165) is 22.5 Å². The highest BCUT2D eigenvalue weighted by Crippen LogP contribution is 2.30. The predicted octanol–water partition coefficient (Wildman–Crippen LogP) is 4.78. The molecule has 4 N–H and O–H groups in total. The first-order valence-corrected chi connectivity index (χ1v) is 8.23. The molecule has 128 valence electrons. The lowest BCUT2D eigenvalue weighted by molar-refractivity contribution is 1.17. The van der Waals surface area contributed by atoms with E-state index in [2.05, 4.69) is 71.7 Å². The van der Waals surface area contributed by atoms with Gasteiger partial charge in [0.25, 0.3) is 0 Å². The first-order chi connectivity index (χ1) is 11.9. The predicted molar refractivity (Wildman–Crippen MR) is 105 cm³/mol. The van der Waals surface area contributed by atoms with Crippen molar-refractivity contribution < 1.29 is 0 Å². The molecule has 1 aromatic heterocycles. The van der Waals surface area contributed by atoms with Gasteiger partial charge in [-0.15, -0.1) is 0 Å². The van der Waals surface area contributed by atoms with Crippen molar-refractivity contribution in [2.75, 3.05) is 16.4 Å². The van der Waals surface area contributed by atoms with E-state index in [9.17, 15) is 0 Å². The van der Waals surface area contributed by atoms with Gasteiger partial charge in [-0.3, -0.25) is 0 Å². The number of aryl methyl sites for hydroxylation is 4. The molecule has 0 fully saturated rings. The summed E-state index contributed by atoms with van der Waals surface area (Å²) < 4.78 is 0. The fraction of sp³-hybridized carbons (Fsp3) is 0.200. The fourth-order valence-electron chi connectivity index (χ4n) is 2.67. The molecule has 3 rings (SSSR count). The van der Waals surface area contributed by atoms with Crippen LogP contribution in [0.3, 0.4) is 0 Å². The van der Waals surface area contributed by atoms with Gasteiger partial charge < -0.3 is 16.4 Å². The topological polar surface area (TPSA) is 75.9 Å². The molecule has 0 saturated heterocycles. The maximum absolute atomic E-state index is 6.30. The maximum Gasteiger partial charge on any atom is 0.159 e. The Hall–Kier alpha value is -3.08. The van der Waals surface area contributed by atoms with Crippen LogP contribution in [0, 0.1) is 27.7 Å². The minimum Gasteiger partial charge on any atom is -0.393 e. The van der Waals surface area contributed by atoms with Crippen molar-refractivity contribution in [1.29, 1.82) is 0 Å². The summed E-state index contributed by atoms with van der Waals surface area (Å²) in [5.41, 5.74) is 13.4. The Kier molecular flexibility index (Phi) is 4.57. The van der Waals surface area contributed by atoms with Gasteiger partial charge in [-0.25, -0.2) is 9.97 Å². The van der Waals surface area contributed by atoms with Crippen LogP contribution >= 0.6 is 0 Å². The van der Waals surface area contributed by atoms with Crippen molar-refractivity contribution in [3.8, 4) is 0 Å².